The zero-order chi connectivity index (χ0) is 14.6. The molecule has 1 heterocycles. The summed E-state index contributed by atoms with van der Waals surface area (Å²) in [7, 11) is 0. The van der Waals surface area contributed by atoms with Crippen molar-refractivity contribution in [2.24, 2.45) is 0 Å². The van der Waals surface area contributed by atoms with Crippen LogP contribution >= 0.6 is 0 Å². The van der Waals surface area contributed by atoms with E-state index in [4.69, 9.17) is 0 Å². The van der Waals surface area contributed by atoms with Gasteiger partial charge in [-0.3, -0.25) is 9.59 Å². The van der Waals surface area contributed by atoms with Crippen molar-refractivity contribution < 1.29 is 9.59 Å². The van der Waals surface area contributed by atoms with Crippen molar-refractivity contribution in [3.63, 3.8) is 0 Å². The fourth-order valence-corrected chi connectivity index (χ4v) is 1.69. The molecule has 0 bridgehead atoms. The molecule has 0 unspecified atom stereocenters. The quantitative estimate of drug-likeness (QED) is 0.492. The number of aromatic nitrogens is 2. The SMILES string of the molecule is C=CC(=O)NCCCNC(=O)CCCCn1ccnc1. The van der Waals surface area contributed by atoms with Crippen LogP contribution in [0.4, 0.5) is 0 Å². The number of nitrogens with zero attached hydrogens (tertiary/aromatic N) is 2. The van der Waals surface area contributed by atoms with Gasteiger partial charge in [0.25, 0.3) is 0 Å². The second-order valence-electron chi connectivity index (χ2n) is 4.46. The lowest BCUT2D eigenvalue weighted by atomic mass is 10.2. The Kier molecular flexibility index (Phi) is 7.79. The molecule has 1 aromatic heterocycles. The van der Waals surface area contributed by atoms with Crippen molar-refractivity contribution in [3.8, 4) is 0 Å². The maximum atomic E-state index is 11.5. The van der Waals surface area contributed by atoms with E-state index in [2.05, 4.69) is 22.2 Å². The highest BCUT2D eigenvalue weighted by Crippen LogP contribution is 1.99. The van der Waals surface area contributed by atoms with E-state index in [1.165, 1.54) is 6.08 Å². The third kappa shape index (κ3) is 7.35. The fraction of sp³-hybridized carbons (Fsp3) is 0.500. The Labute approximate surface area is 119 Å². The van der Waals surface area contributed by atoms with Crippen LogP contribution < -0.4 is 10.6 Å². The van der Waals surface area contributed by atoms with Gasteiger partial charge in [-0.25, -0.2) is 4.98 Å². The summed E-state index contributed by atoms with van der Waals surface area (Å²) in [6.45, 7) is 5.38. The van der Waals surface area contributed by atoms with E-state index in [0.29, 0.717) is 19.5 Å². The molecule has 1 aromatic rings. The molecule has 0 saturated carbocycles. The summed E-state index contributed by atoms with van der Waals surface area (Å²) in [4.78, 5) is 26.3. The number of aryl methyl sites for hydroxylation is 1. The van der Waals surface area contributed by atoms with Gasteiger partial charge in [0.1, 0.15) is 0 Å². The molecule has 0 aliphatic heterocycles. The third-order valence-electron chi connectivity index (χ3n) is 2.79. The van der Waals surface area contributed by atoms with Gasteiger partial charge in [-0.2, -0.15) is 0 Å². The molecule has 0 spiro atoms. The standard InChI is InChI=1S/C14H22N4O2/c1-2-13(19)16-7-5-8-17-14(20)6-3-4-10-18-11-9-15-12-18/h2,9,11-12H,1,3-8,10H2,(H,16,19)(H,17,20). The van der Waals surface area contributed by atoms with Crippen molar-refractivity contribution in [1.82, 2.24) is 20.2 Å². The highest BCUT2D eigenvalue weighted by Gasteiger charge is 2.00. The van der Waals surface area contributed by atoms with Gasteiger partial charge < -0.3 is 15.2 Å². The van der Waals surface area contributed by atoms with E-state index >= 15 is 0 Å². The summed E-state index contributed by atoms with van der Waals surface area (Å²) < 4.78 is 2.00. The minimum atomic E-state index is -0.184. The average molecular weight is 278 g/mol. The van der Waals surface area contributed by atoms with E-state index in [9.17, 15) is 9.59 Å². The van der Waals surface area contributed by atoms with Gasteiger partial charge in [-0.05, 0) is 25.3 Å². The molecule has 2 N–H and O–H groups in total. The van der Waals surface area contributed by atoms with Gasteiger partial charge >= 0.3 is 0 Å². The van der Waals surface area contributed by atoms with Crippen LogP contribution in [0.3, 0.4) is 0 Å². The molecule has 1 rings (SSSR count). The number of carbonyl (C=O) groups excluding carboxylic acids is 2. The maximum absolute atomic E-state index is 11.5. The smallest absolute Gasteiger partial charge is 0.243 e. The molecule has 0 fully saturated rings. The molecule has 6 heteroatoms. The van der Waals surface area contributed by atoms with Gasteiger partial charge in [0.05, 0.1) is 6.33 Å². The number of unbranched alkanes of at least 4 members (excludes halogenated alkanes) is 1. The summed E-state index contributed by atoms with van der Waals surface area (Å²) >= 11 is 0. The molecule has 0 aliphatic carbocycles. The first-order valence-electron chi connectivity index (χ1n) is 6.85. The van der Waals surface area contributed by atoms with E-state index in [1.807, 2.05) is 10.8 Å². The Morgan fingerprint density at radius 3 is 2.70 bits per heavy atom. The molecule has 0 aliphatic rings. The van der Waals surface area contributed by atoms with Crippen LogP contribution in [0, 0.1) is 0 Å². The minimum absolute atomic E-state index is 0.0608. The van der Waals surface area contributed by atoms with Gasteiger partial charge in [0, 0.05) is 38.4 Å². The Bertz CT molecular complexity index is 415. The van der Waals surface area contributed by atoms with Crippen LogP contribution in [-0.4, -0.2) is 34.5 Å². The number of rotatable bonds is 10. The predicted molar refractivity (Wildman–Crippen MR) is 76.9 cm³/mol. The number of hydrogen-bond acceptors (Lipinski definition) is 3. The topological polar surface area (TPSA) is 76.0 Å². The fourth-order valence-electron chi connectivity index (χ4n) is 1.69. The van der Waals surface area contributed by atoms with Crippen molar-refractivity contribution >= 4 is 11.8 Å². The number of hydrogen-bond donors (Lipinski definition) is 2. The van der Waals surface area contributed by atoms with E-state index in [0.717, 1.165) is 25.8 Å². The monoisotopic (exact) mass is 278 g/mol. The number of imidazole rings is 1. The molecular weight excluding hydrogens is 256 g/mol. The summed E-state index contributed by atoms with van der Waals surface area (Å²) in [6, 6.07) is 0. The average Bonchev–Trinajstić information content (AvgIpc) is 2.96. The first kappa shape index (κ1) is 15.9. The Morgan fingerprint density at radius 2 is 2.00 bits per heavy atom. The summed E-state index contributed by atoms with van der Waals surface area (Å²) in [5, 5.41) is 5.49. The van der Waals surface area contributed by atoms with Crippen LogP contribution in [-0.2, 0) is 16.1 Å². The third-order valence-corrected chi connectivity index (χ3v) is 2.79. The molecular formula is C14H22N4O2. The minimum Gasteiger partial charge on any atom is -0.356 e. The summed E-state index contributed by atoms with van der Waals surface area (Å²) in [5.41, 5.74) is 0. The normalized spacial score (nSPS) is 10.0. The van der Waals surface area contributed by atoms with Crippen LogP contribution in [0.25, 0.3) is 0 Å². The molecule has 110 valence electrons. The second kappa shape index (κ2) is 9.77. The Morgan fingerprint density at radius 1 is 1.20 bits per heavy atom. The first-order chi connectivity index (χ1) is 9.72. The van der Waals surface area contributed by atoms with Crippen LogP contribution in [0.1, 0.15) is 25.7 Å². The van der Waals surface area contributed by atoms with E-state index in [-0.39, 0.29) is 11.8 Å². The largest absolute Gasteiger partial charge is 0.356 e. The molecule has 0 atom stereocenters. The van der Waals surface area contributed by atoms with Crippen molar-refractivity contribution in [3.05, 3.63) is 31.4 Å². The molecule has 6 nitrogen and oxygen atoms in total. The summed E-state index contributed by atoms with van der Waals surface area (Å²) in [6.07, 6.45) is 9.75. The van der Waals surface area contributed by atoms with E-state index in [1.54, 1.807) is 12.5 Å². The first-order valence-corrected chi connectivity index (χ1v) is 6.85. The second-order valence-corrected chi connectivity index (χ2v) is 4.46. The predicted octanol–water partition coefficient (Wildman–Crippen LogP) is 0.862. The zero-order valence-electron chi connectivity index (χ0n) is 11.7. The molecule has 0 aromatic carbocycles. The summed E-state index contributed by atoms with van der Waals surface area (Å²) in [5.74, 6) is -0.124. The molecule has 0 saturated heterocycles. The van der Waals surface area contributed by atoms with Crippen LogP contribution in [0.5, 0.6) is 0 Å². The number of amides is 2. The lowest BCUT2D eigenvalue weighted by molar-refractivity contribution is -0.121. The lowest BCUT2D eigenvalue weighted by Crippen LogP contribution is -2.28. The number of nitrogens with one attached hydrogen (secondary N) is 2. The van der Waals surface area contributed by atoms with Crippen LogP contribution in [0.2, 0.25) is 0 Å². The van der Waals surface area contributed by atoms with Crippen LogP contribution in [0.15, 0.2) is 31.4 Å². The van der Waals surface area contributed by atoms with Crippen molar-refractivity contribution in [2.45, 2.75) is 32.2 Å². The van der Waals surface area contributed by atoms with Crippen molar-refractivity contribution in [1.29, 1.82) is 0 Å². The van der Waals surface area contributed by atoms with Gasteiger partial charge in [-0.15, -0.1) is 0 Å². The number of carbonyl (C=O) groups is 2. The molecule has 2 amide bonds. The maximum Gasteiger partial charge on any atom is 0.243 e. The highest BCUT2D eigenvalue weighted by atomic mass is 16.2. The molecule has 20 heavy (non-hydrogen) atoms. The van der Waals surface area contributed by atoms with Gasteiger partial charge in [0.15, 0.2) is 0 Å². The Hall–Kier alpha value is -2.11. The molecule has 0 radical (unpaired) electrons. The van der Waals surface area contributed by atoms with Gasteiger partial charge in [-0.1, -0.05) is 6.58 Å². The van der Waals surface area contributed by atoms with Crippen molar-refractivity contribution in [2.75, 3.05) is 13.1 Å². The highest BCUT2D eigenvalue weighted by molar-refractivity contribution is 5.86. The van der Waals surface area contributed by atoms with E-state index < -0.39 is 0 Å². The lowest BCUT2D eigenvalue weighted by Gasteiger charge is -2.06. The zero-order valence-corrected chi connectivity index (χ0v) is 11.7. The van der Waals surface area contributed by atoms with Gasteiger partial charge in [0.2, 0.25) is 11.8 Å². The Balaban J connectivity index is 1.92.